The van der Waals surface area contributed by atoms with Crippen LogP contribution in [0.1, 0.15) is 20.3 Å². The van der Waals surface area contributed by atoms with Crippen molar-refractivity contribution < 1.29 is 9.47 Å². The van der Waals surface area contributed by atoms with Gasteiger partial charge in [0.2, 0.25) is 0 Å². The lowest BCUT2D eigenvalue weighted by Gasteiger charge is -2.35. The highest BCUT2D eigenvalue weighted by atomic mass is 16.7. The molecule has 0 radical (unpaired) electrons. The average Bonchev–Trinajstić information content (AvgIpc) is 2.14. The fraction of sp³-hybridized carbons (Fsp3) is 1.00. The molecule has 4 heteroatoms. The zero-order chi connectivity index (χ0) is 11.3. The van der Waals surface area contributed by atoms with Gasteiger partial charge in [0.15, 0.2) is 5.79 Å². The third-order valence-electron chi connectivity index (χ3n) is 2.48. The Balaban J connectivity index is 2.04. The van der Waals surface area contributed by atoms with Crippen molar-refractivity contribution in [2.45, 2.75) is 32.1 Å². The number of rotatable bonds is 5. The monoisotopic (exact) mass is 216 g/mol. The minimum Gasteiger partial charge on any atom is -0.349 e. The highest BCUT2D eigenvalue weighted by Crippen LogP contribution is 2.16. The van der Waals surface area contributed by atoms with Crippen LogP contribution in [0.5, 0.6) is 0 Å². The molecule has 1 aliphatic heterocycles. The van der Waals surface area contributed by atoms with Gasteiger partial charge in [-0.1, -0.05) is 0 Å². The standard InChI is InChI=1S/C11H24N2O2/c1-11(2)14-8-10(9-15-11)12-6-5-7-13(3)4/h10,12H,5-9H2,1-4H3. The normalized spacial score (nSPS) is 22.2. The number of ether oxygens (including phenoxy) is 2. The Bertz CT molecular complexity index is 173. The summed E-state index contributed by atoms with van der Waals surface area (Å²) in [4.78, 5) is 2.19. The molecule has 0 aliphatic carbocycles. The van der Waals surface area contributed by atoms with Crippen LogP contribution in [0.15, 0.2) is 0 Å². The summed E-state index contributed by atoms with van der Waals surface area (Å²) in [7, 11) is 4.19. The van der Waals surface area contributed by atoms with Crippen LogP contribution >= 0.6 is 0 Å². The molecule has 0 aromatic heterocycles. The maximum atomic E-state index is 5.56. The molecule has 4 nitrogen and oxygen atoms in total. The Hall–Kier alpha value is -0.160. The van der Waals surface area contributed by atoms with Crippen molar-refractivity contribution in [2.75, 3.05) is 40.4 Å². The summed E-state index contributed by atoms with van der Waals surface area (Å²) in [6.45, 7) is 7.54. The van der Waals surface area contributed by atoms with Gasteiger partial charge < -0.3 is 19.7 Å². The molecule has 1 saturated heterocycles. The molecule has 0 aromatic carbocycles. The molecule has 1 N–H and O–H groups in total. The van der Waals surface area contributed by atoms with Crippen LogP contribution in [0.3, 0.4) is 0 Å². The van der Waals surface area contributed by atoms with Gasteiger partial charge in [-0.2, -0.15) is 0 Å². The highest BCUT2D eigenvalue weighted by Gasteiger charge is 2.27. The van der Waals surface area contributed by atoms with E-state index >= 15 is 0 Å². The van der Waals surface area contributed by atoms with Crippen LogP contribution in [0.4, 0.5) is 0 Å². The van der Waals surface area contributed by atoms with Crippen LogP contribution in [-0.2, 0) is 9.47 Å². The van der Waals surface area contributed by atoms with Gasteiger partial charge in [0, 0.05) is 0 Å². The summed E-state index contributed by atoms with van der Waals surface area (Å²) in [5.41, 5.74) is 0. The van der Waals surface area contributed by atoms with Gasteiger partial charge in [0.05, 0.1) is 19.3 Å². The van der Waals surface area contributed by atoms with Crippen LogP contribution in [0.25, 0.3) is 0 Å². The van der Waals surface area contributed by atoms with E-state index in [4.69, 9.17) is 9.47 Å². The molecule has 15 heavy (non-hydrogen) atoms. The van der Waals surface area contributed by atoms with Crippen molar-refractivity contribution in [3.05, 3.63) is 0 Å². The summed E-state index contributed by atoms with van der Waals surface area (Å²) in [6.07, 6.45) is 1.16. The number of hydrogen-bond acceptors (Lipinski definition) is 4. The van der Waals surface area contributed by atoms with Crippen molar-refractivity contribution in [3.8, 4) is 0 Å². The van der Waals surface area contributed by atoms with E-state index < -0.39 is 5.79 Å². The lowest BCUT2D eigenvalue weighted by Crippen LogP contribution is -2.48. The number of nitrogens with one attached hydrogen (secondary N) is 1. The third kappa shape index (κ3) is 5.47. The van der Waals surface area contributed by atoms with Gasteiger partial charge in [0.1, 0.15) is 0 Å². The first-order chi connectivity index (χ1) is 6.99. The first kappa shape index (κ1) is 12.9. The number of nitrogens with zero attached hydrogens (tertiary/aromatic N) is 1. The molecule has 0 aromatic rings. The second-order valence-electron chi connectivity index (χ2n) is 4.83. The Morgan fingerprint density at radius 1 is 1.27 bits per heavy atom. The Labute approximate surface area is 92.9 Å². The molecule has 0 bridgehead atoms. The Morgan fingerprint density at radius 3 is 2.40 bits per heavy atom. The number of hydrogen-bond donors (Lipinski definition) is 1. The van der Waals surface area contributed by atoms with E-state index in [-0.39, 0.29) is 0 Å². The Kier molecular flexibility index (Phi) is 4.99. The molecule has 0 amide bonds. The van der Waals surface area contributed by atoms with Gasteiger partial charge in [-0.25, -0.2) is 0 Å². The largest absolute Gasteiger partial charge is 0.349 e. The van der Waals surface area contributed by atoms with Gasteiger partial charge in [0.25, 0.3) is 0 Å². The maximum Gasteiger partial charge on any atom is 0.162 e. The zero-order valence-electron chi connectivity index (χ0n) is 10.4. The summed E-state index contributed by atoms with van der Waals surface area (Å²) >= 11 is 0. The summed E-state index contributed by atoms with van der Waals surface area (Å²) in [5, 5.41) is 3.44. The van der Waals surface area contributed by atoms with Crippen molar-refractivity contribution in [1.29, 1.82) is 0 Å². The minimum absolute atomic E-state index is 0.347. The van der Waals surface area contributed by atoms with E-state index in [1.165, 1.54) is 0 Å². The molecule has 1 fully saturated rings. The van der Waals surface area contributed by atoms with E-state index in [0.29, 0.717) is 6.04 Å². The second kappa shape index (κ2) is 5.80. The fourth-order valence-corrected chi connectivity index (χ4v) is 1.51. The second-order valence-corrected chi connectivity index (χ2v) is 4.83. The van der Waals surface area contributed by atoms with Crippen molar-refractivity contribution in [1.82, 2.24) is 10.2 Å². The molecule has 0 atom stereocenters. The highest BCUT2D eigenvalue weighted by molar-refractivity contribution is 4.73. The van der Waals surface area contributed by atoms with E-state index in [2.05, 4.69) is 24.3 Å². The predicted molar refractivity (Wildman–Crippen MR) is 60.9 cm³/mol. The van der Waals surface area contributed by atoms with E-state index in [1.807, 2.05) is 13.8 Å². The molecule has 1 heterocycles. The molecule has 0 spiro atoms. The predicted octanol–water partition coefficient (Wildman–Crippen LogP) is 0.679. The van der Waals surface area contributed by atoms with Crippen molar-refractivity contribution in [2.24, 2.45) is 0 Å². The van der Waals surface area contributed by atoms with Gasteiger partial charge in [-0.15, -0.1) is 0 Å². The van der Waals surface area contributed by atoms with E-state index in [1.54, 1.807) is 0 Å². The van der Waals surface area contributed by atoms with Gasteiger partial charge in [-0.05, 0) is 47.5 Å². The minimum atomic E-state index is -0.401. The molecule has 1 rings (SSSR count). The lowest BCUT2D eigenvalue weighted by atomic mass is 10.2. The quantitative estimate of drug-likeness (QED) is 0.685. The van der Waals surface area contributed by atoms with E-state index in [9.17, 15) is 0 Å². The van der Waals surface area contributed by atoms with Crippen LogP contribution < -0.4 is 5.32 Å². The lowest BCUT2D eigenvalue weighted by molar-refractivity contribution is -0.252. The molecule has 0 unspecified atom stereocenters. The summed E-state index contributed by atoms with van der Waals surface area (Å²) in [5.74, 6) is -0.401. The van der Waals surface area contributed by atoms with Crippen molar-refractivity contribution >= 4 is 0 Å². The van der Waals surface area contributed by atoms with Crippen LogP contribution in [-0.4, -0.2) is 57.1 Å². The van der Waals surface area contributed by atoms with Crippen LogP contribution in [0.2, 0.25) is 0 Å². The molecule has 90 valence electrons. The molecule has 1 aliphatic rings. The average molecular weight is 216 g/mol. The maximum absolute atomic E-state index is 5.56. The third-order valence-corrected chi connectivity index (χ3v) is 2.48. The zero-order valence-corrected chi connectivity index (χ0v) is 10.4. The van der Waals surface area contributed by atoms with Gasteiger partial charge >= 0.3 is 0 Å². The molecular formula is C11H24N2O2. The topological polar surface area (TPSA) is 33.7 Å². The molecular weight excluding hydrogens is 192 g/mol. The first-order valence-electron chi connectivity index (χ1n) is 5.65. The Morgan fingerprint density at radius 2 is 1.87 bits per heavy atom. The van der Waals surface area contributed by atoms with Gasteiger partial charge in [-0.3, -0.25) is 0 Å². The van der Waals surface area contributed by atoms with Crippen molar-refractivity contribution in [3.63, 3.8) is 0 Å². The van der Waals surface area contributed by atoms with E-state index in [0.717, 1.165) is 32.7 Å². The first-order valence-corrected chi connectivity index (χ1v) is 5.65. The summed E-state index contributed by atoms with van der Waals surface area (Å²) in [6, 6.07) is 0.347. The SMILES string of the molecule is CN(C)CCCNC1COC(C)(C)OC1. The smallest absolute Gasteiger partial charge is 0.162 e. The molecule has 0 saturated carbocycles. The van der Waals surface area contributed by atoms with Crippen LogP contribution in [0, 0.1) is 0 Å². The fourth-order valence-electron chi connectivity index (χ4n) is 1.51. The summed E-state index contributed by atoms with van der Waals surface area (Å²) < 4.78 is 11.1.